The summed E-state index contributed by atoms with van der Waals surface area (Å²) in [4.78, 5) is 12.9. The van der Waals surface area contributed by atoms with Gasteiger partial charge in [-0.3, -0.25) is 4.98 Å². The normalized spacial score (nSPS) is 10.5. The minimum Gasteiger partial charge on any atom is -0.350 e. The molecular weight excluding hydrogens is 322 g/mol. The van der Waals surface area contributed by atoms with Crippen molar-refractivity contribution < 1.29 is 0 Å². The summed E-state index contributed by atoms with van der Waals surface area (Å²) in [6.45, 7) is 4.55. The average Bonchev–Trinajstić information content (AvgIpc) is 2.57. The van der Waals surface area contributed by atoms with Gasteiger partial charge in [0.15, 0.2) is 0 Å². The molecular formula is C18H18ClN5. The van der Waals surface area contributed by atoms with Gasteiger partial charge in [-0.05, 0) is 49.2 Å². The van der Waals surface area contributed by atoms with E-state index in [0.29, 0.717) is 12.5 Å². The highest BCUT2D eigenvalue weighted by atomic mass is 35.5. The van der Waals surface area contributed by atoms with Gasteiger partial charge in [0.2, 0.25) is 5.95 Å². The fourth-order valence-electron chi connectivity index (χ4n) is 2.21. The molecule has 3 rings (SSSR count). The number of halogens is 1. The zero-order valence-electron chi connectivity index (χ0n) is 13.5. The van der Waals surface area contributed by atoms with E-state index < -0.39 is 0 Å². The fraction of sp³-hybridized carbons (Fsp3) is 0.167. The summed E-state index contributed by atoms with van der Waals surface area (Å²) >= 11 is 6.17. The standard InChI is InChI=1S/C18H18ClN5/c1-12-3-4-15(10-16(12)19)23-17-9-13(2)22-18(24-17)21-11-14-5-7-20-8-6-14/h3-10H,11H2,1-2H3,(H2,21,22,23,24). The predicted octanol–water partition coefficient (Wildman–Crippen LogP) is 4.50. The van der Waals surface area contributed by atoms with Gasteiger partial charge in [0.05, 0.1) is 0 Å². The largest absolute Gasteiger partial charge is 0.350 e. The summed E-state index contributed by atoms with van der Waals surface area (Å²) in [6.07, 6.45) is 3.53. The lowest BCUT2D eigenvalue weighted by atomic mass is 10.2. The molecule has 0 aliphatic heterocycles. The molecule has 0 saturated heterocycles. The molecule has 0 unspecified atom stereocenters. The monoisotopic (exact) mass is 339 g/mol. The Balaban J connectivity index is 1.74. The second kappa shape index (κ2) is 7.27. The maximum absolute atomic E-state index is 6.17. The topological polar surface area (TPSA) is 62.7 Å². The lowest BCUT2D eigenvalue weighted by Gasteiger charge is -2.11. The number of nitrogens with one attached hydrogen (secondary N) is 2. The van der Waals surface area contributed by atoms with Gasteiger partial charge in [0, 0.05) is 41.4 Å². The van der Waals surface area contributed by atoms with E-state index in [-0.39, 0.29) is 0 Å². The van der Waals surface area contributed by atoms with Crippen LogP contribution in [0.1, 0.15) is 16.8 Å². The average molecular weight is 340 g/mol. The van der Waals surface area contributed by atoms with Crippen LogP contribution in [-0.2, 0) is 6.54 Å². The first-order valence-electron chi connectivity index (χ1n) is 7.62. The van der Waals surface area contributed by atoms with Crippen LogP contribution >= 0.6 is 11.6 Å². The van der Waals surface area contributed by atoms with Gasteiger partial charge in [0.1, 0.15) is 5.82 Å². The number of anilines is 3. The van der Waals surface area contributed by atoms with Crippen LogP contribution in [0.2, 0.25) is 5.02 Å². The van der Waals surface area contributed by atoms with Crippen molar-refractivity contribution in [2.45, 2.75) is 20.4 Å². The molecule has 0 aliphatic rings. The van der Waals surface area contributed by atoms with Crippen molar-refractivity contribution >= 4 is 29.1 Å². The Kier molecular flexibility index (Phi) is 4.91. The maximum Gasteiger partial charge on any atom is 0.225 e. The zero-order chi connectivity index (χ0) is 16.9. The Hall–Kier alpha value is -2.66. The second-order valence-corrected chi connectivity index (χ2v) is 5.92. The molecule has 0 fully saturated rings. The molecule has 6 heteroatoms. The molecule has 2 heterocycles. The first kappa shape index (κ1) is 16.2. The SMILES string of the molecule is Cc1cc(Nc2ccc(C)c(Cl)c2)nc(NCc2ccncc2)n1. The maximum atomic E-state index is 6.17. The van der Waals surface area contributed by atoms with Gasteiger partial charge in [-0.25, -0.2) is 4.98 Å². The van der Waals surface area contributed by atoms with E-state index in [1.807, 2.05) is 50.2 Å². The van der Waals surface area contributed by atoms with Crippen LogP contribution < -0.4 is 10.6 Å². The molecule has 3 aromatic rings. The number of pyridine rings is 1. The summed E-state index contributed by atoms with van der Waals surface area (Å²) < 4.78 is 0. The molecule has 1 aromatic carbocycles. The van der Waals surface area contributed by atoms with Crippen LogP contribution in [0.5, 0.6) is 0 Å². The van der Waals surface area contributed by atoms with Crippen molar-refractivity contribution in [1.82, 2.24) is 15.0 Å². The molecule has 0 amide bonds. The van der Waals surface area contributed by atoms with E-state index in [0.717, 1.165) is 33.3 Å². The van der Waals surface area contributed by atoms with E-state index in [9.17, 15) is 0 Å². The van der Waals surface area contributed by atoms with Crippen molar-refractivity contribution in [2.24, 2.45) is 0 Å². The van der Waals surface area contributed by atoms with E-state index in [1.54, 1.807) is 12.4 Å². The Bertz CT molecular complexity index is 836. The van der Waals surface area contributed by atoms with Crippen LogP contribution in [0, 0.1) is 13.8 Å². The number of hydrogen-bond donors (Lipinski definition) is 2. The van der Waals surface area contributed by atoms with Crippen molar-refractivity contribution in [3.8, 4) is 0 Å². The third kappa shape index (κ3) is 4.20. The molecule has 2 aromatic heterocycles. The highest BCUT2D eigenvalue weighted by Gasteiger charge is 2.04. The minimum absolute atomic E-state index is 0.576. The fourth-order valence-corrected chi connectivity index (χ4v) is 2.39. The zero-order valence-corrected chi connectivity index (χ0v) is 14.3. The van der Waals surface area contributed by atoms with Gasteiger partial charge >= 0.3 is 0 Å². The Labute approximate surface area is 146 Å². The van der Waals surface area contributed by atoms with Crippen molar-refractivity contribution in [1.29, 1.82) is 0 Å². The summed E-state index contributed by atoms with van der Waals surface area (Å²) in [5.41, 5.74) is 3.93. The van der Waals surface area contributed by atoms with Crippen molar-refractivity contribution in [3.63, 3.8) is 0 Å². The van der Waals surface area contributed by atoms with E-state index in [2.05, 4.69) is 25.6 Å². The van der Waals surface area contributed by atoms with Gasteiger partial charge in [0.25, 0.3) is 0 Å². The quantitative estimate of drug-likeness (QED) is 0.716. The van der Waals surface area contributed by atoms with Crippen LogP contribution in [0.25, 0.3) is 0 Å². The molecule has 0 aliphatic carbocycles. The lowest BCUT2D eigenvalue weighted by molar-refractivity contribution is 1.03. The van der Waals surface area contributed by atoms with E-state index in [1.165, 1.54) is 0 Å². The highest BCUT2D eigenvalue weighted by Crippen LogP contribution is 2.23. The predicted molar refractivity (Wildman–Crippen MR) is 97.8 cm³/mol. The Morgan fingerprint density at radius 3 is 2.54 bits per heavy atom. The van der Waals surface area contributed by atoms with Gasteiger partial charge in [-0.1, -0.05) is 17.7 Å². The number of benzene rings is 1. The molecule has 0 atom stereocenters. The molecule has 0 radical (unpaired) electrons. The van der Waals surface area contributed by atoms with Crippen molar-refractivity contribution in [2.75, 3.05) is 10.6 Å². The van der Waals surface area contributed by atoms with Gasteiger partial charge < -0.3 is 10.6 Å². The van der Waals surface area contributed by atoms with Gasteiger partial charge in [-0.2, -0.15) is 4.98 Å². The lowest BCUT2D eigenvalue weighted by Crippen LogP contribution is -2.06. The molecule has 0 bridgehead atoms. The van der Waals surface area contributed by atoms with Crippen LogP contribution in [0.15, 0.2) is 48.8 Å². The van der Waals surface area contributed by atoms with E-state index in [4.69, 9.17) is 11.6 Å². The molecule has 24 heavy (non-hydrogen) atoms. The molecule has 122 valence electrons. The van der Waals surface area contributed by atoms with Crippen LogP contribution in [0.4, 0.5) is 17.5 Å². The number of hydrogen-bond acceptors (Lipinski definition) is 5. The van der Waals surface area contributed by atoms with Crippen LogP contribution in [-0.4, -0.2) is 15.0 Å². The Morgan fingerprint density at radius 1 is 1.00 bits per heavy atom. The smallest absolute Gasteiger partial charge is 0.225 e. The van der Waals surface area contributed by atoms with Crippen LogP contribution in [0.3, 0.4) is 0 Å². The van der Waals surface area contributed by atoms with Gasteiger partial charge in [-0.15, -0.1) is 0 Å². The third-order valence-electron chi connectivity index (χ3n) is 3.50. The molecule has 0 spiro atoms. The summed E-state index contributed by atoms with van der Waals surface area (Å²) in [7, 11) is 0. The Morgan fingerprint density at radius 2 is 1.79 bits per heavy atom. The third-order valence-corrected chi connectivity index (χ3v) is 3.91. The van der Waals surface area contributed by atoms with Crippen molar-refractivity contribution in [3.05, 3.63) is 70.6 Å². The first-order chi connectivity index (χ1) is 11.6. The summed E-state index contributed by atoms with van der Waals surface area (Å²) in [5, 5.41) is 7.22. The number of rotatable bonds is 5. The van der Waals surface area contributed by atoms with E-state index >= 15 is 0 Å². The molecule has 2 N–H and O–H groups in total. The molecule has 5 nitrogen and oxygen atoms in total. The summed E-state index contributed by atoms with van der Waals surface area (Å²) in [6, 6.07) is 11.6. The number of aromatic nitrogens is 3. The highest BCUT2D eigenvalue weighted by molar-refractivity contribution is 6.31. The minimum atomic E-state index is 0.576. The molecule has 0 saturated carbocycles. The summed E-state index contributed by atoms with van der Waals surface area (Å²) in [5.74, 6) is 1.30. The number of aryl methyl sites for hydroxylation is 2. The second-order valence-electron chi connectivity index (χ2n) is 5.52. The number of nitrogens with zero attached hydrogens (tertiary/aromatic N) is 3. The first-order valence-corrected chi connectivity index (χ1v) is 7.99.